The predicted octanol–water partition coefficient (Wildman–Crippen LogP) is 3.66. The van der Waals surface area contributed by atoms with E-state index in [0.29, 0.717) is 17.1 Å². The molecule has 2 rings (SSSR count). The molecule has 0 radical (unpaired) electrons. The lowest BCUT2D eigenvalue weighted by Crippen LogP contribution is -2.14. The molecule has 0 aliphatic carbocycles. The Hall–Kier alpha value is -1.40. The second kappa shape index (κ2) is 7.04. The summed E-state index contributed by atoms with van der Waals surface area (Å²) in [7, 11) is 1.76. The summed E-state index contributed by atoms with van der Waals surface area (Å²) in [5.74, 6) is -1.07. The molecule has 1 aromatic carbocycles. The number of nitrogens with one attached hydrogen (secondary N) is 1. The van der Waals surface area contributed by atoms with Gasteiger partial charge < -0.3 is 5.32 Å². The Bertz CT molecular complexity index is 602. The van der Waals surface area contributed by atoms with Crippen LogP contribution >= 0.6 is 11.8 Å². The molecule has 0 bridgehead atoms. The molecule has 0 atom stereocenters. The van der Waals surface area contributed by atoms with E-state index in [1.165, 1.54) is 12.1 Å². The van der Waals surface area contributed by atoms with E-state index >= 15 is 0 Å². The van der Waals surface area contributed by atoms with Crippen LogP contribution in [0.4, 0.5) is 8.78 Å². The number of aromatic nitrogens is 2. The molecule has 0 spiro atoms. The summed E-state index contributed by atoms with van der Waals surface area (Å²) in [6.07, 6.45) is 0.985. The average molecular weight is 311 g/mol. The van der Waals surface area contributed by atoms with Crippen LogP contribution in [0.5, 0.6) is 0 Å². The van der Waals surface area contributed by atoms with E-state index in [-0.39, 0.29) is 4.90 Å². The normalized spacial score (nSPS) is 11.1. The topological polar surface area (TPSA) is 29.9 Å². The van der Waals surface area contributed by atoms with E-state index in [0.717, 1.165) is 30.4 Å². The summed E-state index contributed by atoms with van der Waals surface area (Å²) < 4.78 is 29.9. The SMILES string of the molecule is CCCNCc1cc(F)c(Sc2cc(C)nn2C)c(F)c1. The van der Waals surface area contributed by atoms with Gasteiger partial charge in [-0.1, -0.05) is 18.7 Å². The minimum absolute atomic E-state index is 0.0113. The van der Waals surface area contributed by atoms with Gasteiger partial charge in [-0.15, -0.1) is 0 Å². The third kappa shape index (κ3) is 4.04. The molecule has 21 heavy (non-hydrogen) atoms. The molecule has 0 aliphatic rings. The maximum Gasteiger partial charge on any atom is 0.140 e. The standard InChI is InChI=1S/C15H19F2N3S/c1-4-5-18-9-11-7-12(16)15(13(17)8-11)21-14-6-10(2)19-20(14)3/h6-8,18H,4-5,9H2,1-3H3. The van der Waals surface area contributed by atoms with Crippen LogP contribution in [0.25, 0.3) is 0 Å². The molecule has 1 aromatic heterocycles. The molecule has 6 heteroatoms. The van der Waals surface area contributed by atoms with Crippen molar-refractivity contribution in [1.82, 2.24) is 15.1 Å². The number of nitrogens with zero attached hydrogens (tertiary/aromatic N) is 2. The average Bonchev–Trinajstić information content (AvgIpc) is 2.72. The van der Waals surface area contributed by atoms with Gasteiger partial charge in [-0.3, -0.25) is 4.68 Å². The van der Waals surface area contributed by atoms with Gasteiger partial charge in [0, 0.05) is 13.6 Å². The van der Waals surface area contributed by atoms with Crippen LogP contribution in [0.3, 0.4) is 0 Å². The Morgan fingerprint density at radius 1 is 1.24 bits per heavy atom. The molecule has 0 aliphatic heterocycles. The fraction of sp³-hybridized carbons (Fsp3) is 0.400. The van der Waals surface area contributed by atoms with Crippen LogP contribution in [-0.2, 0) is 13.6 Å². The first-order chi connectivity index (χ1) is 10.0. The van der Waals surface area contributed by atoms with Crippen molar-refractivity contribution >= 4 is 11.8 Å². The van der Waals surface area contributed by atoms with E-state index in [4.69, 9.17) is 0 Å². The zero-order valence-electron chi connectivity index (χ0n) is 12.4. The lowest BCUT2D eigenvalue weighted by Gasteiger charge is -2.08. The van der Waals surface area contributed by atoms with Crippen LogP contribution in [-0.4, -0.2) is 16.3 Å². The highest BCUT2D eigenvalue weighted by molar-refractivity contribution is 7.99. The van der Waals surface area contributed by atoms with Crippen molar-refractivity contribution in [3.63, 3.8) is 0 Å². The molecular weight excluding hydrogens is 292 g/mol. The predicted molar refractivity (Wildman–Crippen MR) is 80.4 cm³/mol. The lowest BCUT2D eigenvalue weighted by molar-refractivity contribution is 0.533. The van der Waals surface area contributed by atoms with E-state index in [1.807, 2.05) is 13.8 Å². The summed E-state index contributed by atoms with van der Waals surface area (Å²) in [4.78, 5) is 0.0113. The minimum Gasteiger partial charge on any atom is -0.313 e. The van der Waals surface area contributed by atoms with Gasteiger partial charge in [-0.25, -0.2) is 8.78 Å². The maximum absolute atomic E-state index is 14.1. The fourth-order valence-electron chi connectivity index (χ4n) is 2.01. The molecule has 0 saturated carbocycles. The van der Waals surface area contributed by atoms with Gasteiger partial charge in [0.2, 0.25) is 0 Å². The highest BCUT2D eigenvalue weighted by Gasteiger charge is 2.15. The van der Waals surface area contributed by atoms with Crippen molar-refractivity contribution in [3.05, 3.63) is 41.1 Å². The van der Waals surface area contributed by atoms with Gasteiger partial charge in [-0.2, -0.15) is 5.10 Å². The maximum atomic E-state index is 14.1. The molecular formula is C15H19F2N3S. The van der Waals surface area contributed by atoms with Crippen LogP contribution in [0, 0.1) is 18.6 Å². The summed E-state index contributed by atoms with van der Waals surface area (Å²) in [6.45, 7) is 5.19. The van der Waals surface area contributed by atoms with E-state index in [2.05, 4.69) is 10.4 Å². The number of rotatable bonds is 6. The van der Waals surface area contributed by atoms with Crippen LogP contribution in [0.1, 0.15) is 24.6 Å². The summed E-state index contributed by atoms with van der Waals surface area (Å²) >= 11 is 1.06. The Morgan fingerprint density at radius 2 is 1.90 bits per heavy atom. The van der Waals surface area contributed by atoms with Gasteiger partial charge in [-0.05, 0) is 43.7 Å². The van der Waals surface area contributed by atoms with Crippen LogP contribution in [0.15, 0.2) is 28.1 Å². The zero-order valence-corrected chi connectivity index (χ0v) is 13.2. The van der Waals surface area contributed by atoms with Gasteiger partial charge in [0.25, 0.3) is 0 Å². The molecule has 1 N–H and O–H groups in total. The molecule has 2 aromatic rings. The van der Waals surface area contributed by atoms with Crippen molar-refractivity contribution in [2.24, 2.45) is 7.05 Å². The quantitative estimate of drug-likeness (QED) is 0.826. The van der Waals surface area contributed by atoms with Crippen molar-refractivity contribution < 1.29 is 8.78 Å². The first-order valence-corrected chi connectivity index (χ1v) is 7.70. The largest absolute Gasteiger partial charge is 0.313 e. The second-order valence-corrected chi connectivity index (χ2v) is 5.95. The number of aryl methyl sites for hydroxylation is 2. The summed E-state index contributed by atoms with van der Waals surface area (Å²) in [5, 5.41) is 8.02. The molecule has 1 heterocycles. The van der Waals surface area contributed by atoms with Crippen LogP contribution in [0.2, 0.25) is 0 Å². The molecule has 3 nitrogen and oxygen atoms in total. The molecule has 114 valence electrons. The van der Waals surface area contributed by atoms with Crippen molar-refractivity contribution in [2.45, 2.75) is 36.7 Å². The third-order valence-electron chi connectivity index (χ3n) is 2.98. The fourth-order valence-corrected chi connectivity index (χ4v) is 2.93. The van der Waals surface area contributed by atoms with Gasteiger partial charge in [0.1, 0.15) is 11.6 Å². The zero-order chi connectivity index (χ0) is 15.4. The van der Waals surface area contributed by atoms with E-state index in [9.17, 15) is 8.78 Å². The lowest BCUT2D eigenvalue weighted by atomic mass is 10.2. The molecule has 0 unspecified atom stereocenters. The Kier molecular flexibility index (Phi) is 5.36. The van der Waals surface area contributed by atoms with Crippen molar-refractivity contribution in [2.75, 3.05) is 6.54 Å². The van der Waals surface area contributed by atoms with Gasteiger partial charge in [0.15, 0.2) is 0 Å². The first-order valence-electron chi connectivity index (χ1n) is 6.88. The highest BCUT2D eigenvalue weighted by atomic mass is 32.2. The molecule has 0 fully saturated rings. The summed E-state index contributed by atoms with van der Waals surface area (Å²) in [5.41, 5.74) is 1.44. The number of hydrogen-bond acceptors (Lipinski definition) is 3. The van der Waals surface area contributed by atoms with E-state index < -0.39 is 11.6 Å². The Balaban J connectivity index is 2.19. The van der Waals surface area contributed by atoms with Crippen molar-refractivity contribution in [1.29, 1.82) is 0 Å². The number of benzene rings is 1. The second-order valence-electron chi connectivity index (χ2n) is 4.91. The molecule has 0 amide bonds. The number of halogens is 2. The van der Waals surface area contributed by atoms with Gasteiger partial charge in [0.05, 0.1) is 15.6 Å². The minimum atomic E-state index is -0.535. The van der Waals surface area contributed by atoms with Gasteiger partial charge >= 0.3 is 0 Å². The smallest absolute Gasteiger partial charge is 0.140 e. The Labute approximate surface area is 127 Å². The summed E-state index contributed by atoms with van der Waals surface area (Å²) in [6, 6.07) is 4.58. The molecule has 0 saturated heterocycles. The first kappa shape index (κ1) is 16.0. The monoisotopic (exact) mass is 311 g/mol. The van der Waals surface area contributed by atoms with E-state index in [1.54, 1.807) is 17.8 Å². The third-order valence-corrected chi connectivity index (χ3v) is 4.16. The Morgan fingerprint density at radius 3 is 2.43 bits per heavy atom. The van der Waals surface area contributed by atoms with Crippen molar-refractivity contribution in [3.8, 4) is 0 Å². The number of hydrogen-bond donors (Lipinski definition) is 1. The highest BCUT2D eigenvalue weighted by Crippen LogP contribution is 2.32. The van der Waals surface area contributed by atoms with Crippen LogP contribution < -0.4 is 5.32 Å².